The third-order valence-corrected chi connectivity index (χ3v) is 5.02. The molecule has 1 fully saturated rings. The van der Waals surface area contributed by atoms with Crippen LogP contribution in [0.1, 0.15) is 39.0 Å². The number of ether oxygens (including phenoxy) is 2. The molecule has 24 heavy (non-hydrogen) atoms. The van der Waals surface area contributed by atoms with Gasteiger partial charge in [-0.05, 0) is 42.5 Å². The van der Waals surface area contributed by atoms with E-state index in [-0.39, 0.29) is 24.9 Å². The molecule has 6 heteroatoms. The first kappa shape index (κ1) is 16.5. The van der Waals surface area contributed by atoms with Crippen molar-refractivity contribution < 1.29 is 24.2 Å². The largest absolute Gasteiger partial charge is 0.481 e. The minimum absolute atomic E-state index is 0.0653. The van der Waals surface area contributed by atoms with Crippen LogP contribution in [0, 0.1) is 19.8 Å². The first-order valence-electron chi connectivity index (χ1n) is 7.96. The van der Waals surface area contributed by atoms with Crippen LogP contribution in [0.4, 0.5) is 5.69 Å². The van der Waals surface area contributed by atoms with Gasteiger partial charge in [0.15, 0.2) is 0 Å². The monoisotopic (exact) mass is 331 g/mol. The number of allylic oxidation sites excluding steroid dienone is 1. The van der Waals surface area contributed by atoms with Crippen LogP contribution in [0.15, 0.2) is 11.6 Å². The number of hydrogen-bond acceptors (Lipinski definition) is 5. The molecule has 0 spiro atoms. The molecular weight excluding hydrogens is 310 g/mol. The van der Waals surface area contributed by atoms with Gasteiger partial charge in [-0.1, -0.05) is 6.08 Å². The fraction of sp³-hybridized carbons (Fsp3) is 0.444. The number of esters is 1. The molecule has 0 radical (unpaired) electrons. The van der Waals surface area contributed by atoms with E-state index in [2.05, 4.69) is 0 Å². The SMILES string of the molecule is Cc1c(C)c2c(c(N)c1CC=C1COCC1CC(=O)O)C(=O)OC2. The molecule has 1 atom stereocenters. The summed E-state index contributed by atoms with van der Waals surface area (Å²) in [4.78, 5) is 22.9. The number of benzene rings is 1. The van der Waals surface area contributed by atoms with Gasteiger partial charge >= 0.3 is 11.9 Å². The highest BCUT2D eigenvalue weighted by molar-refractivity contribution is 6.00. The van der Waals surface area contributed by atoms with E-state index in [1.165, 1.54) is 0 Å². The molecule has 0 aliphatic carbocycles. The summed E-state index contributed by atoms with van der Waals surface area (Å²) in [5.41, 5.74) is 12.0. The number of carbonyl (C=O) groups excluding carboxylic acids is 1. The summed E-state index contributed by atoms with van der Waals surface area (Å²) in [6, 6.07) is 0. The minimum atomic E-state index is -0.830. The predicted molar refractivity (Wildman–Crippen MR) is 87.8 cm³/mol. The summed E-state index contributed by atoms with van der Waals surface area (Å²) < 4.78 is 10.5. The summed E-state index contributed by atoms with van der Waals surface area (Å²) in [6.07, 6.45) is 2.61. The second kappa shape index (κ2) is 6.28. The molecular formula is C18H21NO5. The fourth-order valence-electron chi connectivity index (χ4n) is 3.45. The molecule has 1 aromatic carbocycles. The lowest BCUT2D eigenvalue weighted by molar-refractivity contribution is -0.137. The normalized spacial score (nSPS) is 21.2. The van der Waals surface area contributed by atoms with E-state index >= 15 is 0 Å². The summed E-state index contributed by atoms with van der Waals surface area (Å²) in [5, 5.41) is 8.98. The minimum Gasteiger partial charge on any atom is -0.481 e. The Morgan fingerprint density at radius 1 is 1.33 bits per heavy atom. The summed E-state index contributed by atoms with van der Waals surface area (Å²) in [7, 11) is 0. The van der Waals surface area contributed by atoms with Gasteiger partial charge in [0, 0.05) is 11.5 Å². The second-order valence-electron chi connectivity index (χ2n) is 6.36. The van der Waals surface area contributed by atoms with Crippen LogP contribution in [0.2, 0.25) is 0 Å². The molecule has 1 aromatic rings. The molecule has 3 N–H and O–H groups in total. The number of rotatable bonds is 4. The zero-order valence-corrected chi connectivity index (χ0v) is 13.8. The Balaban J connectivity index is 1.92. The smallest absolute Gasteiger partial charge is 0.341 e. The molecule has 3 rings (SSSR count). The Morgan fingerprint density at radius 2 is 2.08 bits per heavy atom. The number of nitrogens with two attached hydrogens (primary N) is 1. The van der Waals surface area contributed by atoms with E-state index in [9.17, 15) is 9.59 Å². The maximum atomic E-state index is 11.9. The van der Waals surface area contributed by atoms with Crippen molar-refractivity contribution in [2.45, 2.75) is 33.3 Å². The van der Waals surface area contributed by atoms with Crippen LogP contribution in [0.5, 0.6) is 0 Å². The van der Waals surface area contributed by atoms with Crippen molar-refractivity contribution >= 4 is 17.6 Å². The van der Waals surface area contributed by atoms with Crippen LogP contribution in [-0.2, 0) is 27.3 Å². The van der Waals surface area contributed by atoms with Crippen molar-refractivity contribution in [1.29, 1.82) is 0 Å². The van der Waals surface area contributed by atoms with E-state index in [0.717, 1.165) is 27.8 Å². The molecule has 0 bridgehead atoms. The van der Waals surface area contributed by atoms with E-state index in [4.69, 9.17) is 20.3 Å². The van der Waals surface area contributed by atoms with Crippen LogP contribution in [0.25, 0.3) is 0 Å². The Labute approximate surface area is 140 Å². The Kier molecular flexibility index (Phi) is 4.32. The van der Waals surface area contributed by atoms with Crippen molar-refractivity contribution in [1.82, 2.24) is 0 Å². The van der Waals surface area contributed by atoms with Crippen molar-refractivity contribution in [2.75, 3.05) is 18.9 Å². The van der Waals surface area contributed by atoms with Gasteiger partial charge in [-0.3, -0.25) is 4.79 Å². The predicted octanol–water partition coefficient (Wildman–Crippen LogP) is 2.15. The number of carboxylic acid groups (broad SMARTS) is 1. The quantitative estimate of drug-likeness (QED) is 0.498. The van der Waals surface area contributed by atoms with Gasteiger partial charge in [0.2, 0.25) is 0 Å². The number of anilines is 1. The van der Waals surface area contributed by atoms with Gasteiger partial charge in [0.05, 0.1) is 30.9 Å². The fourth-order valence-corrected chi connectivity index (χ4v) is 3.45. The van der Waals surface area contributed by atoms with E-state index in [1.54, 1.807) is 0 Å². The molecule has 0 amide bonds. The van der Waals surface area contributed by atoms with Crippen LogP contribution >= 0.6 is 0 Å². The number of nitrogen functional groups attached to an aromatic ring is 1. The molecule has 1 unspecified atom stereocenters. The first-order chi connectivity index (χ1) is 11.4. The van der Waals surface area contributed by atoms with E-state index in [1.807, 2.05) is 19.9 Å². The topological polar surface area (TPSA) is 98.9 Å². The number of cyclic esters (lactones) is 1. The van der Waals surface area contributed by atoms with Crippen molar-refractivity contribution in [3.8, 4) is 0 Å². The highest BCUT2D eigenvalue weighted by Gasteiger charge is 2.29. The average molecular weight is 331 g/mol. The molecule has 6 nitrogen and oxygen atoms in total. The van der Waals surface area contributed by atoms with Crippen LogP contribution < -0.4 is 5.73 Å². The van der Waals surface area contributed by atoms with E-state index in [0.29, 0.717) is 30.9 Å². The average Bonchev–Trinajstić information content (AvgIpc) is 3.11. The molecule has 2 heterocycles. The van der Waals surface area contributed by atoms with Gasteiger partial charge in [0.25, 0.3) is 0 Å². The highest BCUT2D eigenvalue weighted by Crippen LogP contribution is 2.35. The summed E-state index contributed by atoms with van der Waals surface area (Å²) in [5.74, 6) is -1.29. The summed E-state index contributed by atoms with van der Waals surface area (Å²) >= 11 is 0. The zero-order chi connectivity index (χ0) is 17.4. The van der Waals surface area contributed by atoms with Crippen molar-refractivity contribution in [3.63, 3.8) is 0 Å². The molecule has 128 valence electrons. The number of carbonyl (C=O) groups is 2. The number of hydrogen-bond donors (Lipinski definition) is 2. The van der Waals surface area contributed by atoms with Gasteiger partial charge in [-0.15, -0.1) is 0 Å². The summed E-state index contributed by atoms with van der Waals surface area (Å²) in [6.45, 7) is 5.12. The first-order valence-corrected chi connectivity index (χ1v) is 7.96. The van der Waals surface area contributed by atoms with Crippen LogP contribution in [-0.4, -0.2) is 30.3 Å². The molecule has 0 aromatic heterocycles. The number of carboxylic acids is 1. The van der Waals surface area contributed by atoms with Gasteiger partial charge in [-0.25, -0.2) is 4.79 Å². The maximum Gasteiger partial charge on any atom is 0.341 e. The zero-order valence-electron chi connectivity index (χ0n) is 13.8. The lowest BCUT2D eigenvalue weighted by Crippen LogP contribution is -2.10. The van der Waals surface area contributed by atoms with Crippen molar-refractivity contribution in [2.24, 2.45) is 5.92 Å². The second-order valence-corrected chi connectivity index (χ2v) is 6.36. The van der Waals surface area contributed by atoms with E-state index < -0.39 is 5.97 Å². The van der Waals surface area contributed by atoms with Crippen LogP contribution in [0.3, 0.4) is 0 Å². The van der Waals surface area contributed by atoms with Gasteiger partial charge in [-0.2, -0.15) is 0 Å². The lowest BCUT2D eigenvalue weighted by atomic mass is 9.89. The number of aliphatic carboxylic acids is 1. The Morgan fingerprint density at radius 3 is 2.79 bits per heavy atom. The maximum absolute atomic E-state index is 11.9. The molecule has 1 saturated heterocycles. The standard InChI is InChI=1S/C18H21NO5/c1-9-10(2)14-8-24-18(22)16(14)17(19)13(9)4-3-11-6-23-7-12(11)5-15(20)21/h3,12H,4-8,19H2,1-2H3,(H,20,21). The highest BCUT2D eigenvalue weighted by atomic mass is 16.5. The third-order valence-electron chi connectivity index (χ3n) is 5.02. The molecule has 0 saturated carbocycles. The Bertz CT molecular complexity index is 751. The third kappa shape index (κ3) is 2.78. The number of fused-ring (bicyclic) bond motifs is 1. The Hall–Kier alpha value is -2.34. The lowest BCUT2D eigenvalue weighted by Gasteiger charge is -2.15. The van der Waals surface area contributed by atoms with Gasteiger partial charge in [0.1, 0.15) is 6.61 Å². The van der Waals surface area contributed by atoms with Gasteiger partial charge < -0.3 is 20.3 Å². The van der Waals surface area contributed by atoms with Crippen molar-refractivity contribution in [3.05, 3.63) is 39.5 Å². The molecule has 2 aliphatic rings. The molecule has 2 aliphatic heterocycles.